The van der Waals surface area contributed by atoms with Crippen molar-refractivity contribution in [2.24, 2.45) is 0 Å². The van der Waals surface area contributed by atoms with Crippen LogP contribution in [0.1, 0.15) is 0 Å². The topological polar surface area (TPSA) is 249 Å². The number of hydrogen-bond acceptors (Lipinski definition) is 6. The summed E-state index contributed by atoms with van der Waals surface area (Å²) >= 11 is 0. The first-order valence-electron chi connectivity index (χ1n) is 3.06. The van der Waals surface area contributed by atoms with Crippen molar-refractivity contribution in [3.63, 3.8) is 0 Å². The van der Waals surface area contributed by atoms with Gasteiger partial charge in [0.05, 0.1) is 0 Å². The molecule has 0 unspecified atom stereocenters. The minimum atomic E-state index is -5.05. The van der Waals surface area contributed by atoms with Gasteiger partial charge in [-0.15, -0.1) is 0 Å². The Balaban J connectivity index is -0.000000256. The van der Waals surface area contributed by atoms with Crippen molar-refractivity contribution in [1.82, 2.24) is 0 Å². The molecule has 0 aliphatic carbocycles. The molecule has 0 saturated heterocycles. The van der Waals surface area contributed by atoms with E-state index in [0.29, 0.717) is 0 Å². The van der Waals surface area contributed by atoms with Crippen LogP contribution in [-0.2, 0) is 26.9 Å². The van der Waals surface area contributed by atoms with Crippen molar-refractivity contribution in [3.8, 4) is 0 Å². The molecule has 0 bridgehead atoms. The Morgan fingerprint density at radius 2 is 0.579 bits per heavy atom. The van der Waals surface area contributed by atoms with Crippen molar-refractivity contribution in [2.75, 3.05) is 0 Å². The zero-order valence-corrected chi connectivity index (χ0v) is 11.4. The van der Waals surface area contributed by atoms with Crippen LogP contribution >= 0.6 is 31.3 Å². The Morgan fingerprint density at radius 1 is 0.474 bits per heavy atom. The summed E-state index contributed by atoms with van der Waals surface area (Å²) in [5.41, 5.74) is 0. The monoisotopic (exact) mass is 398 g/mol. The third-order valence-electron chi connectivity index (χ3n) is 0.425. The normalized spacial score (nSPS) is 13.1. The van der Waals surface area contributed by atoms with Gasteiger partial charge >= 0.3 is 69.0 Å². The number of phosphoric acid groups is 4. The second kappa shape index (κ2) is 9.04. The molecule has 0 saturated carbocycles. The van der Waals surface area contributed by atoms with Gasteiger partial charge in [-0.05, 0) is 0 Å². The summed E-state index contributed by atoms with van der Waals surface area (Å²) in [6.45, 7) is 0. The summed E-state index contributed by atoms with van der Waals surface area (Å²) in [6.07, 6.45) is 0. The van der Waals surface area contributed by atoms with Gasteiger partial charge in [0.1, 0.15) is 0 Å². The summed E-state index contributed by atoms with van der Waals surface area (Å²) in [5.74, 6) is 0. The Morgan fingerprint density at radius 3 is 0.579 bits per heavy atom. The van der Waals surface area contributed by atoms with E-state index in [1.54, 1.807) is 0 Å². The van der Waals surface area contributed by atoms with Crippen LogP contribution in [-0.4, -0.2) is 76.9 Å². The van der Waals surface area contributed by atoms with Gasteiger partial charge in [0.15, 0.2) is 0 Å². The molecule has 0 aromatic heterocycles. The summed E-state index contributed by atoms with van der Waals surface area (Å²) in [4.78, 5) is 62.0. The fraction of sp³-hybridized carbons (Fsp3) is 0. The van der Waals surface area contributed by atoms with E-state index in [0.717, 1.165) is 0 Å². The van der Waals surface area contributed by atoms with Crippen LogP contribution in [0.5, 0.6) is 0 Å². The van der Waals surface area contributed by atoms with Gasteiger partial charge in [-0.25, -0.2) is 18.3 Å². The molecule has 0 fully saturated rings. The first-order valence-corrected chi connectivity index (χ1v) is 9.18. The molecule has 0 spiro atoms. The van der Waals surface area contributed by atoms with Crippen LogP contribution in [0.3, 0.4) is 0 Å². The summed E-state index contributed by atoms with van der Waals surface area (Å²) in [5, 5.41) is 0. The van der Waals surface area contributed by atoms with Gasteiger partial charge in [-0.1, -0.05) is 0 Å². The van der Waals surface area contributed by atoms with E-state index >= 15 is 0 Å². The van der Waals surface area contributed by atoms with E-state index in [9.17, 15) is 18.3 Å². The van der Waals surface area contributed by atoms with Crippen LogP contribution in [0.25, 0.3) is 0 Å². The molecule has 0 amide bonds. The van der Waals surface area contributed by atoms with E-state index in [-0.39, 0.29) is 37.7 Å². The first-order chi connectivity index (χ1) is 7.41. The average Bonchev–Trinajstić information content (AvgIpc) is 1.64. The summed E-state index contributed by atoms with van der Waals surface area (Å²) < 4.78 is 44.4. The molecule has 116 valence electrons. The SMILES string of the molecule is O=P(O)(O)OP(=O)(O)O.O=P(O)(O)OP(=O)(O)O.[CaH2]. The van der Waals surface area contributed by atoms with Gasteiger partial charge in [0, 0.05) is 0 Å². The molecule has 14 nitrogen and oxygen atoms in total. The fourth-order valence-electron chi connectivity index (χ4n) is 0.277. The molecule has 0 aromatic carbocycles. The maximum absolute atomic E-state index is 9.63. The van der Waals surface area contributed by atoms with Gasteiger partial charge in [-0.2, -0.15) is 8.62 Å². The third kappa shape index (κ3) is 32.9. The molecular formula is H10CaO14P4. The van der Waals surface area contributed by atoms with E-state index in [2.05, 4.69) is 8.62 Å². The Kier molecular flexibility index (Phi) is 12.2. The van der Waals surface area contributed by atoms with Crippen LogP contribution in [0.4, 0.5) is 0 Å². The average molecular weight is 398 g/mol. The zero-order valence-electron chi connectivity index (χ0n) is 7.82. The maximum atomic E-state index is 9.63. The van der Waals surface area contributed by atoms with Gasteiger partial charge in [0.2, 0.25) is 0 Å². The van der Waals surface area contributed by atoms with Crippen molar-refractivity contribution >= 4 is 69.0 Å². The molecule has 0 aromatic rings. The van der Waals surface area contributed by atoms with E-state index < -0.39 is 31.3 Å². The van der Waals surface area contributed by atoms with E-state index in [1.165, 1.54) is 0 Å². The Hall–Kier alpha value is 1.78. The predicted molar refractivity (Wildman–Crippen MR) is 58.9 cm³/mol. The standard InChI is InChI=1S/Ca.2H4O7P2.2H/c;2*1-8(2,3)7-9(4,5)6;;/h;2*(H2,1,2,3)(H2,4,5,6);;. The molecule has 0 rings (SSSR count). The fourth-order valence-corrected chi connectivity index (χ4v) is 2.49. The summed E-state index contributed by atoms with van der Waals surface area (Å²) in [7, 11) is -20.2. The van der Waals surface area contributed by atoms with Gasteiger partial charge in [0.25, 0.3) is 0 Å². The van der Waals surface area contributed by atoms with E-state index in [1.807, 2.05) is 0 Å². The molecule has 0 aliphatic heterocycles. The molecule has 19 heteroatoms. The molecule has 0 aliphatic rings. The second-order valence-corrected chi connectivity index (χ2v) is 7.36. The minimum absolute atomic E-state index is 0. The van der Waals surface area contributed by atoms with Crippen LogP contribution < -0.4 is 0 Å². The molecule has 0 heterocycles. The first kappa shape index (κ1) is 25.7. The zero-order chi connectivity index (χ0) is 15.4. The molecular weight excluding hydrogens is 388 g/mol. The number of hydrogen-bond donors (Lipinski definition) is 8. The van der Waals surface area contributed by atoms with E-state index in [4.69, 9.17) is 39.1 Å². The Labute approximate surface area is 134 Å². The van der Waals surface area contributed by atoms with Crippen molar-refractivity contribution < 1.29 is 66.0 Å². The van der Waals surface area contributed by atoms with Gasteiger partial charge in [-0.3, -0.25) is 0 Å². The molecule has 8 N–H and O–H groups in total. The molecule has 19 heavy (non-hydrogen) atoms. The molecule has 0 atom stereocenters. The quantitative estimate of drug-likeness (QED) is 0.180. The van der Waals surface area contributed by atoms with Crippen LogP contribution in [0.2, 0.25) is 0 Å². The van der Waals surface area contributed by atoms with Crippen molar-refractivity contribution in [3.05, 3.63) is 0 Å². The third-order valence-corrected chi connectivity index (χ3v) is 3.83. The van der Waals surface area contributed by atoms with Gasteiger partial charge < -0.3 is 39.1 Å². The van der Waals surface area contributed by atoms with Crippen LogP contribution in [0, 0.1) is 0 Å². The van der Waals surface area contributed by atoms with Crippen LogP contribution in [0.15, 0.2) is 0 Å². The second-order valence-electron chi connectivity index (χ2n) is 2.13. The van der Waals surface area contributed by atoms with Crippen molar-refractivity contribution in [1.29, 1.82) is 0 Å². The predicted octanol–water partition coefficient (Wildman–Crippen LogP) is -2.54. The number of rotatable bonds is 4. The molecule has 0 radical (unpaired) electrons. The van der Waals surface area contributed by atoms with Crippen molar-refractivity contribution in [2.45, 2.75) is 0 Å². The Bertz CT molecular complexity index is 342. The summed E-state index contributed by atoms with van der Waals surface area (Å²) in [6, 6.07) is 0.